The normalized spacial score (nSPS) is 32.1. The van der Waals surface area contributed by atoms with Gasteiger partial charge in [0.1, 0.15) is 29.7 Å². The number of benzene rings is 1. The van der Waals surface area contributed by atoms with Crippen LogP contribution in [-0.4, -0.2) is 70.6 Å². The van der Waals surface area contributed by atoms with Crippen LogP contribution in [0.25, 0.3) is 11.0 Å². The van der Waals surface area contributed by atoms with Crippen molar-refractivity contribution in [2.45, 2.75) is 117 Å². The lowest BCUT2D eigenvalue weighted by molar-refractivity contribution is -0.141. The first-order valence-corrected chi connectivity index (χ1v) is 17.3. The molecule has 4 bridgehead atoms. The number of nitrogens with one attached hydrogen (secondary N) is 1. The number of hydrogen-bond acceptors (Lipinski definition) is 8. The molecule has 10 heteroatoms. The Balaban J connectivity index is 1.38. The summed E-state index contributed by atoms with van der Waals surface area (Å²) in [6.07, 6.45) is 7.50. The van der Waals surface area contributed by atoms with E-state index >= 15 is 0 Å². The maximum Gasteiger partial charge on any atom is 0.408 e. The number of hydrogen-bond donors (Lipinski definition) is 1. The van der Waals surface area contributed by atoms with Crippen molar-refractivity contribution in [3.05, 3.63) is 23.9 Å². The van der Waals surface area contributed by atoms with Gasteiger partial charge in [0, 0.05) is 12.0 Å². The number of Topliss-reactive ketones (excluding diaryl/α,β-unsaturated/α-hetero) is 1. The summed E-state index contributed by atoms with van der Waals surface area (Å²) >= 11 is 0. The van der Waals surface area contributed by atoms with Crippen LogP contribution in [0.5, 0.6) is 11.6 Å². The van der Waals surface area contributed by atoms with Crippen molar-refractivity contribution in [3.8, 4) is 11.6 Å². The van der Waals surface area contributed by atoms with E-state index in [1.165, 1.54) is 19.8 Å². The van der Waals surface area contributed by atoms with E-state index in [9.17, 15) is 14.4 Å². The highest BCUT2D eigenvalue weighted by atomic mass is 16.6. The third kappa shape index (κ3) is 6.41. The van der Waals surface area contributed by atoms with Gasteiger partial charge in [0.25, 0.3) is 0 Å². The molecule has 0 unspecified atom stereocenters. The third-order valence-electron chi connectivity index (χ3n) is 10.9. The fourth-order valence-corrected chi connectivity index (χ4v) is 8.46. The van der Waals surface area contributed by atoms with Crippen LogP contribution >= 0.6 is 0 Å². The Labute approximate surface area is 272 Å². The maximum absolute atomic E-state index is 14.4. The van der Waals surface area contributed by atoms with Gasteiger partial charge in [-0.25, -0.2) is 14.8 Å². The Bertz CT molecular complexity index is 1470. The summed E-state index contributed by atoms with van der Waals surface area (Å²) in [4.78, 5) is 52.6. The second-order valence-corrected chi connectivity index (χ2v) is 15.1. The van der Waals surface area contributed by atoms with Crippen molar-refractivity contribution < 1.29 is 28.6 Å². The summed E-state index contributed by atoms with van der Waals surface area (Å²) in [6, 6.07) is 4.09. The molecular weight excluding hydrogens is 584 g/mol. The molecule has 4 fully saturated rings. The van der Waals surface area contributed by atoms with Gasteiger partial charge in [-0.15, -0.1) is 0 Å². The van der Waals surface area contributed by atoms with Gasteiger partial charge in [0.05, 0.1) is 30.7 Å². The van der Waals surface area contributed by atoms with Crippen molar-refractivity contribution in [3.63, 3.8) is 0 Å². The van der Waals surface area contributed by atoms with Crippen LogP contribution in [0.4, 0.5) is 4.79 Å². The van der Waals surface area contributed by atoms with Gasteiger partial charge in [-0.3, -0.25) is 9.59 Å². The van der Waals surface area contributed by atoms with Gasteiger partial charge in [-0.05, 0) is 87.2 Å². The molecule has 2 amide bonds. The number of methoxy groups -OCH3 is 1. The number of nitrogens with zero attached hydrogens (tertiary/aromatic N) is 3. The molecule has 250 valence electrons. The van der Waals surface area contributed by atoms with Crippen molar-refractivity contribution in [2.75, 3.05) is 13.7 Å². The fourth-order valence-electron chi connectivity index (χ4n) is 8.46. The predicted octanol–water partition coefficient (Wildman–Crippen LogP) is 5.88. The highest BCUT2D eigenvalue weighted by Gasteiger charge is 2.51. The first-order chi connectivity index (χ1) is 22.0. The SMILES string of the molecule is CC[C@@H]1[C@@H]2CN(C(=O)[C@H](C(C)(C)C)NC(=O)O[C@@H]3CC4CC(C4)[C@H]3CCCCCc3nc4ccc(OC)cc4nc3O2)[C@@H]1C(C)=O. The quantitative estimate of drug-likeness (QED) is 0.444. The van der Waals surface area contributed by atoms with Gasteiger partial charge in [-0.2, -0.15) is 0 Å². The molecule has 3 saturated carbocycles. The number of ether oxygens (including phenoxy) is 3. The summed E-state index contributed by atoms with van der Waals surface area (Å²) in [5, 5.41) is 2.96. The van der Waals surface area contributed by atoms with E-state index in [4.69, 9.17) is 24.2 Å². The molecule has 1 saturated heterocycles. The van der Waals surface area contributed by atoms with Gasteiger partial charge in [0.15, 0.2) is 5.78 Å². The van der Waals surface area contributed by atoms with E-state index in [1.807, 2.05) is 45.9 Å². The molecule has 5 aliphatic rings. The molecule has 3 heterocycles. The molecule has 2 aromatic rings. The van der Waals surface area contributed by atoms with Gasteiger partial charge >= 0.3 is 6.09 Å². The van der Waals surface area contributed by atoms with Gasteiger partial charge < -0.3 is 24.4 Å². The number of carbonyl (C=O) groups is 3. The second kappa shape index (κ2) is 13.0. The van der Waals surface area contributed by atoms with Crippen LogP contribution < -0.4 is 14.8 Å². The number of ketones is 1. The number of aryl methyl sites for hydroxylation is 1. The molecular formula is C36H50N4O6. The molecule has 1 N–H and O–H groups in total. The zero-order valence-electron chi connectivity index (χ0n) is 28.2. The maximum atomic E-state index is 14.4. The summed E-state index contributed by atoms with van der Waals surface area (Å²) in [5.41, 5.74) is 1.61. The molecule has 0 radical (unpaired) electrons. The summed E-state index contributed by atoms with van der Waals surface area (Å²) in [6.45, 7) is 9.53. The van der Waals surface area contributed by atoms with E-state index < -0.39 is 29.7 Å². The highest BCUT2D eigenvalue weighted by Crippen LogP contribution is 2.51. The minimum atomic E-state index is -0.878. The van der Waals surface area contributed by atoms with E-state index in [0.717, 1.165) is 43.3 Å². The smallest absolute Gasteiger partial charge is 0.408 e. The van der Waals surface area contributed by atoms with Crippen molar-refractivity contribution in [1.29, 1.82) is 0 Å². The van der Waals surface area contributed by atoms with Crippen molar-refractivity contribution in [2.24, 2.45) is 29.1 Å². The first kappa shape index (κ1) is 32.5. The molecule has 7 rings (SSSR count). The summed E-state index contributed by atoms with van der Waals surface area (Å²) in [5.74, 6) is 2.02. The topological polar surface area (TPSA) is 120 Å². The van der Waals surface area contributed by atoms with Gasteiger partial charge in [-0.1, -0.05) is 40.5 Å². The number of carbonyl (C=O) groups excluding carboxylic acids is 3. The van der Waals surface area contributed by atoms with Crippen LogP contribution in [-0.2, 0) is 20.7 Å². The lowest BCUT2D eigenvalue weighted by Gasteiger charge is -2.50. The van der Waals surface area contributed by atoms with Crippen molar-refractivity contribution in [1.82, 2.24) is 20.2 Å². The largest absolute Gasteiger partial charge is 0.497 e. The summed E-state index contributed by atoms with van der Waals surface area (Å²) < 4.78 is 18.3. The van der Waals surface area contributed by atoms with E-state index in [-0.39, 0.29) is 30.3 Å². The molecule has 2 aliphatic heterocycles. The number of amides is 2. The zero-order chi connectivity index (χ0) is 32.7. The number of rotatable bonds is 3. The first-order valence-electron chi connectivity index (χ1n) is 17.3. The fraction of sp³-hybridized carbons (Fsp3) is 0.694. The van der Waals surface area contributed by atoms with Crippen LogP contribution in [0, 0.1) is 29.1 Å². The molecule has 46 heavy (non-hydrogen) atoms. The molecule has 0 spiro atoms. The predicted molar refractivity (Wildman–Crippen MR) is 174 cm³/mol. The van der Waals surface area contributed by atoms with E-state index in [0.29, 0.717) is 47.7 Å². The van der Waals surface area contributed by atoms with Crippen LogP contribution in [0.3, 0.4) is 0 Å². The average molecular weight is 635 g/mol. The Kier molecular flexibility index (Phi) is 9.18. The second-order valence-electron chi connectivity index (χ2n) is 15.1. The molecule has 3 aliphatic carbocycles. The van der Waals surface area contributed by atoms with Crippen LogP contribution in [0.2, 0.25) is 0 Å². The molecule has 1 aromatic heterocycles. The minimum absolute atomic E-state index is 0.105. The number of aromatic nitrogens is 2. The average Bonchev–Trinajstić information content (AvgIpc) is 3.36. The van der Waals surface area contributed by atoms with Gasteiger partial charge in [0.2, 0.25) is 11.8 Å². The van der Waals surface area contributed by atoms with Crippen LogP contribution in [0.1, 0.15) is 91.7 Å². The minimum Gasteiger partial charge on any atom is -0.497 e. The standard InChI is InChI=1S/C36H50N4O6/c1-7-24-30-19-40(31(24)20(2)41)34(42)32(36(3,4)5)39-35(43)46-29-17-21-15-22(16-21)25(29)11-9-8-10-12-27-33(45-30)38-28-18-23(44-6)13-14-26(28)37-27/h13-14,18,21-22,24-25,29-32H,7-12,15-17,19H2,1-6H3,(H,39,43)/t21?,22?,24-,25-,29-,30+,31-,32-/m1/s1. The molecule has 10 nitrogen and oxygen atoms in total. The van der Waals surface area contributed by atoms with E-state index in [2.05, 4.69) is 5.32 Å². The highest BCUT2D eigenvalue weighted by molar-refractivity contribution is 5.92. The van der Waals surface area contributed by atoms with E-state index in [1.54, 1.807) is 12.0 Å². The monoisotopic (exact) mass is 634 g/mol. The Morgan fingerprint density at radius 1 is 1.04 bits per heavy atom. The van der Waals surface area contributed by atoms with Crippen LogP contribution in [0.15, 0.2) is 18.2 Å². The lowest BCUT2D eigenvalue weighted by atomic mass is 9.58. The molecule has 1 aromatic carbocycles. The zero-order valence-corrected chi connectivity index (χ0v) is 28.2. The Hall–Kier alpha value is -3.43. The van der Waals surface area contributed by atoms with Crippen molar-refractivity contribution >= 4 is 28.8 Å². The lowest BCUT2D eigenvalue weighted by Crippen LogP contribution is -2.58. The number of alkyl carbamates (subject to hydrolysis) is 1. The summed E-state index contributed by atoms with van der Waals surface area (Å²) in [7, 11) is 1.62. The number of fused-ring (bicyclic) bond motifs is 4. The molecule has 6 atom stereocenters. The third-order valence-corrected chi connectivity index (χ3v) is 10.9. The Morgan fingerprint density at radius 3 is 2.52 bits per heavy atom. The Morgan fingerprint density at radius 2 is 1.83 bits per heavy atom.